The van der Waals surface area contributed by atoms with Crippen molar-refractivity contribution in [1.82, 2.24) is 10.3 Å². The maximum atomic E-state index is 8.97. The summed E-state index contributed by atoms with van der Waals surface area (Å²) in [7, 11) is 0. The summed E-state index contributed by atoms with van der Waals surface area (Å²) in [5.74, 6) is 1.68. The van der Waals surface area contributed by atoms with Gasteiger partial charge in [0.1, 0.15) is 0 Å². The van der Waals surface area contributed by atoms with Crippen molar-refractivity contribution in [3.8, 4) is 17.6 Å². The SMILES string of the molecule is Cl.N#Cc1ccc(Cc2ccc3c(NCCCNCc4cccc5c4OCO5)ccnc3c2)cc1. The molecule has 0 saturated heterocycles. The molecule has 2 N–H and O–H groups in total. The van der Waals surface area contributed by atoms with Gasteiger partial charge in [0.05, 0.1) is 17.1 Å². The van der Waals surface area contributed by atoms with E-state index in [1.165, 1.54) is 11.1 Å². The molecule has 2 heterocycles. The van der Waals surface area contributed by atoms with E-state index in [2.05, 4.69) is 46.0 Å². The molecule has 0 saturated carbocycles. The van der Waals surface area contributed by atoms with Gasteiger partial charge < -0.3 is 20.1 Å². The summed E-state index contributed by atoms with van der Waals surface area (Å²) in [6, 6.07) is 24.4. The van der Waals surface area contributed by atoms with Crippen LogP contribution < -0.4 is 20.1 Å². The molecule has 0 spiro atoms. The number of hydrogen-bond donors (Lipinski definition) is 2. The number of nitriles is 1. The highest BCUT2D eigenvalue weighted by Gasteiger charge is 2.16. The highest BCUT2D eigenvalue weighted by molar-refractivity contribution is 5.91. The Morgan fingerprint density at radius 2 is 1.80 bits per heavy atom. The molecule has 1 aromatic heterocycles. The average molecular weight is 487 g/mol. The van der Waals surface area contributed by atoms with Crippen molar-refractivity contribution < 1.29 is 9.47 Å². The molecule has 3 aromatic carbocycles. The van der Waals surface area contributed by atoms with Crippen LogP contribution in [0.5, 0.6) is 11.5 Å². The first-order valence-corrected chi connectivity index (χ1v) is 11.5. The Kier molecular flexibility index (Phi) is 8.04. The van der Waals surface area contributed by atoms with E-state index in [1.807, 2.05) is 48.7 Å². The zero-order chi connectivity index (χ0) is 23.2. The highest BCUT2D eigenvalue weighted by atomic mass is 35.5. The minimum Gasteiger partial charge on any atom is -0.454 e. The third-order valence-electron chi connectivity index (χ3n) is 5.94. The van der Waals surface area contributed by atoms with Gasteiger partial charge in [-0.05, 0) is 60.8 Å². The van der Waals surface area contributed by atoms with Crippen molar-refractivity contribution in [2.45, 2.75) is 19.4 Å². The van der Waals surface area contributed by atoms with Crippen LogP contribution in [0.3, 0.4) is 0 Å². The number of anilines is 1. The first-order chi connectivity index (χ1) is 16.8. The Bertz CT molecular complexity index is 1340. The zero-order valence-electron chi connectivity index (χ0n) is 19.3. The summed E-state index contributed by atoms with van der Waals surface area (Å²) >= 11 is 0. The topological polar surface area (TPSA) is 79.2 Å². The van der Waals surface area contributed by atoms with Gasteiger partial charge in [0.15, 0.2) is 11.5 Å². The number of rotatable bonds is 9. The Balaban J connectivity index is 0.00000289. The lowest BCUT2D eigenvalue weighted by atomic mass is 10.0. The van der Waals surface area contributed by atoms with E-state index in [-0.39, 0.29) is 12.4 Å². The standard InChI is InChI=1S/C28H26N4O2.ClH/c29-17-21-7-5-20(6-8-21)15-22-9-10-24-25(11-14-32-26(24)16-22)31-13-2-12-30-18-23-3-1-4-27-28(23)34-19-33-27;/h1,3-11,14,16,30H,2,12-13,15,18-19H2,(H,31,32);1H. The number of ether oxygens (including phenoxy) is 2. The highest BCUT2D eigenvalue weighted by Crippen LogP contribution is 2.35. The summed E-state index contributed by atoms with van der Waals surface area (Å²) in [6.07, 6.45) is 3.66. The number of hydrogen-bond acceptors (Lipinski definition) is 6. The van der Waals surface area contributed by atoms with Crippen LogP contribution in [-0.4, -0.2) is 24.9 Å². The predicted octanol–water partition coefficient (Wildman–Crippen LogP) is 5.44. The minimum absolute atomic E-state index is 0. The molecule has 0 aliphatic carbocycles. The molecule has 178 valence electrons. The summed E-state index contributed by atoms with van der Waals surface area (Å²) in [6.45, 7) is 2.82. The van der Waals surface area contributed by atoms with E-state index in [4.69, 9.17) is 14.7 Å². The number of nitrogens with zero attached hydrogens (tertiary/aromatic N) is 2. The molecule has 1 aliphatic rings. The van der Waals surface area contributed by atoms with Crippen LogP contribution in [0.15, 0.2) is 72.9 Å². The van der Waals surface area contributed by atoms with Crippen molar-refractivity contribution in [2.24, 2.45) is 0 Å². The normalized spacial score (nSPS) is 11.6. The maximum absolute atomic E-state index is 8.97. The second kappa shape index (κ2) is 11.6. The number of pyridine rings is 1. The molecule has 0 unspecified atom stereocenters. The molecule has 5 rings (SSSR count). The fraction of sp³-hybridized carbons (Fsp3) is 0.214. The molecule has 0 atom stereocenters. The van der Waals surface area contributed by atoms with Gasteiger partial charge in [-0.25, -0.2) is 0 Å². The first-order valence-electron chi connectivity index (χ1n) is 11.5. The van der Waals surface area contributed by atoms with Crippen molar-refractivity contribution in [1.29, 1.82) is 5.26 Å². The molecule has 1 aliphatic heterocycles. The van der Waals surface area contributed by atoms with Gasteiger partial charge >= 0.3 is 0 Å². The third-order valence-corrected chi connectivity index (χ3v) is 5.94. The summed E-state index contributed by atoms with van der Waals surface area (Å²) in [4.78, 5) is 4.57. The molecule has 7 heteroatoms. The molecule has 0 radical (unpaired) electrons. The lowest BCUT2D eigenvalue weighted by Crippen LogP contribution is -2.18. The van der Waals surface area contributed by atoms with Gasteiger partial charge in [0.25, 0.3) is 0 Å². The average Bonchev–Trinajstić information content (AvgIpc) is 3.36. The van der Waals surface area contributed by atoms with Gasteiger partial charge in [0, 0.05) is 35.9 Å². The van der Waals surface area contributed by atoms with Crippen LogP contribution in [0, 0.1) is 11.3 Å². The Morgan fingerprint density at radius 1 is 0.943 bits per heavy atom. The second-order valence-electron chi connectivity index (χ2n) is 8.30. The van der Waals surface area contributed by atoms with Crippen LogP contribution in [0.4, 0.5) is 5.69 Å². The van der Waals surface area contributed by atoms with Gasteiger partial charge in [-0.1, -0.05) is 36.4 Å². The minimum atomic E-state index is 0. The molecular weight excluding hydrogens is 460 g/mol. The molecule has 0 amide bonds. The number of para-hydroxylation sites is 1. The fourth-order valence-corrected chi connectivity index (χ4v) is 4.18. The monoisotopic (exact) mass is 486 g/mol. The lowest BCUT2D eigenvalue weighted by molar-refractivity contribution is 0.173. The zero-order valence-corrected chi connectivity index (χ0v) is 20.1. The van der Waals surface area contributed by atoms with Crippen molar-refractivity contribution >= 4 is 29.0 Å². The Labute approximate surface area is 211 Å². The number of aromatic nitrogens is 1. The third kappa shape index (κ3) is 5.83. The van der Waals surface area contributed by atoms with Gasteiger partial charge in [-0.3, -0.25) is 4.98 Å². The van der Waals surface area contributed by atoms with Crippen LogP contribution in [-0.2, 0) is 13.0 Å². The summed E-state index contributed by atoms with van der Waals surface area (Å²) in [5, 5.41) is 17.1. The first kappa shape index (κ1) is 24.3. The largest absolute Gasteiger partial charge is 0.454 e. The van der Waals surface area contributed by atoms with Gasteiger partial charge in [-0.2, -0.15) is 5.26 Å². The number of nitrogens with one attached hydrogen (secondary N) is 2. The Hall–Kier alpha value is -3.79. The van der Waals surface area contributed by atoms with Gasteiger partial charge in [-0.15, -0.1) is 12.4 Å². The molecule has 6 nitrogen and oxygen atoms in total. The van der Waals surface area contributed by atoms with E-state index in [0.29, 0.717) is 12.4 Å². The van der Waals surface area contributed by atoms with E-state index in [0.717, 1.165) is 66.1 Å². The summed E-state index contributed by atoms with van der Waals surface area (Å²) < 4.78 is 11.0. The number of halogens is 1. The van der Waals surface area contributed by atoms with E-state index < -0.39 is 0 Å². The molecule has 0 bridgehead atoms. The van der Waals surface area contributed by atoms with E-state index >= 15 is 0 Å². The maximum Gasteiger partial charge on any atom is 0.231 e. The molecule has 0 fully saturated rings. The van der Waals surface area contributed by atoms with Gasteiger partial charge in [0.2, 0.25) is 6.79 Å². The quantitative estimate of drug-likeness (QED) is 0.307. The number of benzene rings is 3. The molecular formula is C28H27ClN4O2. The lowest BCUT2D eigenvalue weighted by Gasteiger charge is -2.11. The van der Waals surface area contributed by atoms with Crippen molar-refractivity contribution in [3.63, 3.8) is 0 Å². The van der Waals surface area contributed by atoms with E-state index in [9.17, 15) is 0 Å². The van der Waals surface area contributed by atoms with Crippen LogP contribution in [0.2, 0.25) is 0 Å². The van der Waals surface area contributed by atoms with Crippen molar-refractivity contribution in [2.75, 3.05) is 25.2 Å². The summed E-state index contributed by atoms with van der Waals surface area (Å²) in [5.41, 5.74) is 6.27. The second-order valence-corrected chi connectivity index (χ2v) is 8.30. The smallest absolute Gasteiger partial charge is 0.231 e. The van der Waals surface area contributed by atoms with Crippen LogP contribution >= 0.6 is 12.4 Å². The number of fused-ring (bicyclic) bond motifs is 2. The molecule has 4 aromatic rings. The predicted molar refractivity (Wildman–Crippen MR) is 140 cm³/mol. The molecule has 35 heavy (non-hydrogen) atoms. The van der Waals surface area contributed by atoms with Crippen LogP contribution in [0.25, 0.3) is 10.9 Å². The fourth-order valence-electron chi connectivity index (χ4n) is 4.18. The van der Waals surface area contributed by atoms with E-state index in [1.54, 1.807) is 0 Å². The Morgan fingerprint density at radius 3 is 2.66 bits per heavy atom. The van der Waals surface area contributed by atoms with Crippen molar-refractivity contribution in [3.05, 3.63) is 95.2 Å². The van der Waals surface area contributed by atoms with Crippen LogP contribution in [0.1, 0.15) is 28.7 Å².